The molecule has 1 N–H and O–H groups in total. The van der Waals surface area contributed by atoms with E-state index in [1.54, 1.807) is 0 Å². The van der Waals surface area contributed by atoms with Gasteiger partial charge in [-0.05, 0) is 24.4 Å². The fourth-order valence-electron chi connectivity index (χ4n) is 2.11. The van der Waals surface area contributed by atoms with Crippen LogP contribution in [0.15, 0.2) is 48.6 Å². The van der Waals surface area contributed by atoms with Gasteiger partial charge in [-0.1, -0.05) is 30.8 Å². The number of hydrogen-bond donors (Lipinski definition) is 1. The van der Waals surface area contributed by atoms with Gasteiger partial charge in [0.15, 0.2) is 0 Å². The number of carbonyl (C=O) groups is 2. The summed E-state index contributed by atoms with van der Waals surface area (Å²) in [5, 5.41) is 0.185. The normalized spacial score (nSPS) is 11.7. The van der Waals surface area contributed by atoms with Crippen LogP contribution >= 0.6 is 0 Å². The molecule has 0 aromatic heterocycles. The van der Waals surface area contributed by atoms with Crippen molar-refractivity contribution in [3.63, 3.8) is 0 Å². The molecule has 0 heterocycles. The van der Waals surface area contributed by atoms with Crippen LogP contribution in [0.2, 0.25) is 0 Å². The predicted octanol–water partition coefficient (Wildman–Crippen LogP) is 3.33. The first-order chi connectivity index (χ1) is 12.9. The van der Waals surface area contributed by atoms with Crippen LogP contribution in [0.1, 0.15) is 17.3 Å². The van der Waals surface area contributed by atoms with Gasteiger partial charge >= 0.3 is 27.5 Å². The van der Waals surface area contributed by atoms with Crippen LogP contribution in [0, 0.1) is 0 Å². The van der Waals surface area contributed by atoms with E-state index < -0.39 is 34.3 Å². The van der Waals surface area contributed by atoms with E-state index in [1.807, 2.05) is 0 Å². The lowest BCUT2D eigenvalue weighted by atomic mass is 10.0. The third kappa shape index (κ3) is 4.60. The van der Waals surface area contributed by atoms with Gasteiger partial charge in [-0.2, -0.15) is 21.6 Å². The Hall–Kier alpha value is -3.08. The van der Waals surface area contributed by atoms with Gasteiger partial charge in [0, 0.05) is 11.0 Å². The Morgan fingerprint density at radius 1 is 1.07 bits per heavy atom. The second-order valence-electron chi connectivity index (χ2n) is 5.52. The van der Waals surface area contributed by atoms with E-state index in [2.05, 4.69) is 11.3 Å². The topological polar surface area (TPSA) is 98.8 Å². The lowest BCUT2D eigenvalue weighted by Crippen LogP contribution is -2.30. The molecule has 0 atom stereocenters. The number of esters is 2. The first-order valence-corrected chi connectivity index (χ1v) is 9.03. The number of anilines is 1. The van der Waals surface area contributed by atoms with Gasteiger partial charge in [0.05, 0.1) is 11.3 Å². The van der Waals surface area contributed by atoms with Crippen molar-refractivity contribution in [3.05, 3.63) is 54.1 Å². The van der Waals surface area contributed by atoms with E-state index in [9.17, 15) is 31.2 Å². The molecule has 0 aliphatic heterocycles. The van der Waals surface area contributed by atoms with Crippen molar-refractivity contribution in [2.45, 2.75) is 12.4 Å². The molecular weight excluding hydrogens is 403 g/mol. The van der Waals surface area contributed by atoms with Gasteiger partial charge in [0.2, 0.25) is 6.79 Å². The van der Waals surface area contributed by atoms with Crippen molar-refractivity contribution in [3.8, 4) is 0 Å². The van der Waals surface area contributed by atoms with Gasteiger partial charge in [-0.25, -0.2) is 9.59 Å². The molecule has 2 rings (SSSR count). The van der Waals surface area contributed by atoms with E-state index in [0.29, 0.717) is 0 Å². The molecule has 2 aromatic rings. The molecule has 7 nitrogen and oxygen atoms in total. The fraction of sp³-hybridized carbons (Fsp3) is 0.176. The molecule has 0 saturated heterocycles. The van der Waals surface area contributed by atoms with Crippen molar-refractivity contribution < 1.29 is 40.7 Å². The van der Waals surface area contributed by atoms with Crippen molar-refractivity contribution in [2.75, 3.05) is 11.5 Å². The fourth-order valence-corrected chi connectivity index (χ4v) is 2.69. The summed E-state index contributed by atoms with van der Waals surface area (Å²) < 4.78 is 71.5. The molecule has 0 bridgehead atoms. The Bertz CT molecular complexity index is 1050. The minimum absolute atomic E-state index is 0.0451. The highest BCUT2D eigenvalue weighted by molar-refractivity contribution is 7.93. The quantitative estimate of drug-likeness (QED) is 0.440. The van der Waals surface area contributed by atoms with E-state index in [0.717, 1.165) is 12.1 Å². The molecule has 2 aromatic carbocycles. The molecule has 0 aliphatic carbocycles. The van der Waals surface area contributed by atoms with Crippen LogP contribution in [0.25, 0.3) is 10.8 Å². The summed E-state index contributed by atoms with van der Waals surface area (Å²) in [6.07, 6.45) is 0. The standard InChI is InChI=1S/C17H14F3NO6S/c1-10(2)15(22)26-9-27-16(23)13-7-8-14(12-6-4-3-5-11(12)13)21-28(24,25)17(18,19)20/h3-8,21H,1,9H2,2H3. The highest BCUT2D eigenvalue weighted by atomic mass is 32.2. The average molecular weight is 417 g/mol. The number of sulfonamides is 1. The number of carbonyl (C=O) groups excluding carboxylic acids is 2. The highest BCUT2D eigenvalue weighted by Crippen LogP contribution is 2.31. The smallest absolute Gasteiger partial charge is 0.425 e. The molecule has 150 valence electrons. The van der Waals surface area contributed by atoms with Crippen LogP contribution in [0.3, 0.4) is 0 Å². The first kappa shape index (κ1) is 21.2. The zero-order chi connectivity index (χ0) is 21.1. The van der Waals surface area contributed by atoms with Gasteiger partial charge in [-0.3, -0.25) is 4.72 Å². The van der Waals surface area contributed by atoms with E-state index in [-0.39, 0.29) is 27.6 Å². The zero-order valence-corrected chi connectivity index (χ0v) is 15.2. The summed E-state index contributed by atoms with van der Waals surface area (Å²) >= 11 is 0. The van der Waals surface area contributed by atoms with E-state index >= 15 is 0 Å². The minimum atomic E-state index is -5.64. The average Bonchev–Trinajstić information content (AvgIpc) is 2.60. The molecule has 0 fully saturated rings. The van der Waals surface area contributed by atoms with Crippen molar-refractivity contribution in [1.29, 1.82) is 0 Å². The maximum atomic E-state index is 12.6. The lowest BCUT2D eigenvalue weighted by Gasteiger charge is -2.14. The molecule has 11 heteroatoms. The number of hydrogen-bond acceptors (Lipinski definition) is 6. The van der Waals surface area contributed by atoms with Gasteiger partial charge < -0.3 is 9.47 Å². The molecule has 28 heavy (non-hydrogen) atoms. The van der Waals surface area contributed by atoms with Crippen LogP contribution in [-0.4, -0.2) is 32.7 Å². The third-order valence-corrected chi connectivity index (χ3v) is 4.52. The zero-order valence-electron chi connectivity index (χ0n) is 14.4. The largest absolute Gasteiger partial charge is 0.516 e. The summed E-state index contributed by atoms with van der Waals surface area (Å²) in [4.78, 5) is 23.5. The minimum Gasteiger partial charge on any atom is -0.425 e. The monoisotopic (exact) mass is 417 g/mol. The van der Waals surface area contributed by atoms with Gasteiger partial charge in [0.25, 0.3) is 0 Å². The Kier molecular flexibility index (Phi) is 5.98. The van der Waals surface area contributed by atoms with Crippen molar-refractivity contribution >= 4 is 38.4 Å². The molecular formula is C17H14F3NO6S. The van der Waals surface area contributed by atoms with E-state index in [4.69, 9.17) is 4.74 Å². The number of ether oxygens (including phenoxy) is 2. The SMILES string of the molecule is C=C(C)C(=O)OCOC(=O)c1ccc(NS(=O)(=O)C(F)(F)F)c2ccccc12. The number of fused-ring (bicyclic) bond motifs is 1. The van der Waals surface area contributed by atoms with Crippen LogP contribution in [-0.2, 0) is 24.3 Å². The second kappa shape index (κ2) is 7.89. The van der Waals surface area contributed by atoms with Crippen molar-refractivity contribution in [1.82, 2.24) is 0 Å². The maximum absolute atomic E-state index is 12.6. The molecule has 0 unspecified atom stereocenters. The summed E-state index contributed by atoms with van der Waals surface area (Å²) in [5.41, 5.74) is -5.82. The van der Waals surface area contributed by atoms with Gasteiger partial charge in [0.1, 0.15) is 0 Å². The molecule has 0 radical (unpaired) electrons. The number of rotatable bonds is 6. The summed E-state index contributed by atoms with van der Waals surface area (Å²) in [7, 11) is -5.64. The maximum Gasteiger partial charge on any atom is 0.516 e. The predicted molar refractivity (Wildman–Crippen MR) is 93.7 cm³/mol. The number of alkyl halides is 3. The number of benzene rings is 2. The molecule has 0 saturated carbocycles. The summed E-state index contributed by atoms with van der Waals surface area (Å²) in [6.45, 7) is 4.06. The Morgan fingerprint density at radius 2 is 1.68 bits per heavy atom. The second-order valence-corrected chi connectivity index (χ2v) is 7.19. The van der Waals surface area contributed by atoms with Gasteiger partial charge in [-0.15, -0.1) is 0 Å². The van der Waals surface area contributed by atoms with E-state index in [1.165, 1.54) is 35.9 Å². The molecule has 0 aliphatic rings. The summed E-state index contributed by atoms with van der Waals surface area (Å²) in [5.74, 6) is -1.69. The summed E-state index contributed by atoms with van der Waals surface area (Å²) in [6, 6.07) is 7.79. The first-order valence-electron chi connectivity index (χ1n) is 7.54. The van der Waals surface area contributed by atoms with Crippen LogP contribution < -0.4 is 4.72 Å². The highest BCUT2D eigenvalue weighted by Gasteiger charge is 2.46. The number of nitrogens with one attached hydrogen (secondary N) is 1. The van der Waals surface area contributed by atoms with Crippen molar-refractivity contribution in [2.24, 2.45) is 0 Å². The lowest BCUT2D eigenvalue weighted by molar-refractivity contribution is -0.147. The van der Waals surface area contributed by atoms with Crippen LogP contribution in [0.4, 0.5) is 18.9 Å². The Morgan fingerprint density at radius 3 is 2.25 bits per heavy atom. The Labute approximate surface area is 157 Å². The molecule has 0 amide bonds. The van der Waals surface area contributed by atoms with Crippen LogP contribution in [0.5, 0.6) is 0 Å². The third-order valence-electron chi connectivity index (χ3n) is 3.42. The Balaban J connectivity index is 2.32. The number of halogens is 3. The molecule has 0 spiro atoms.